The van der Waals surface area contributed by atoms with Crippen molar-refractivity contribution in [1.29, 1.82) is 0 Å². The van der Waals surface area contributed by atoms with Gasteiger partial charge in [0.05, 0.1) is 12.2 Å². The molecule has 1 aromatic carbocycles. The van der Waals surface area contributed by atoms with E-state index in [2.05, 4.69) is 33.3 Å². The lowest BCUT2D eigenvalue weighted by molar-refractivity contribution is 0.657. The molecule has 3 nitrogen and oxygen atoms in total. The summed E-state index contributed by atoms with van der Waals surface area (Å²) in [6.45, 7) is 5.67. The molecule has 0 fully saturated rings. The average Bonchev–Trinajstić information content (AvgIpc) is 2.61. The SMILES string of the molecule is CNCc1c(C)nn(Cc2ccc(Br)cc2Cl)c1C. The average molecular weight is 343 g/mol. The summed E-state index contributed by atoms with van der Waals surface area (Å²) in [4.78, 5) is 0. The van der Waals surface area contributed by atoms with Crippen LogP contribution >= 0.6 is 27.5 Å². The molecule has 0 bridgehead atoms. The number of nitrogens with zero attached hydrogens (tertiary/aromatic N) is 2. The lowest BCUT2D eigenvalue weighted by Gasteiger charge is -2.08. The smallest absolute Gasteiger partial charge is 0.0677 e. The summed E-state index contributed by atoms with van der Waals surface area (Å²) in [6.07, 6.45) is 0. The third kappa shape index (κ3) is 3.19. The maximum atomic E-state index is 6.26. The van der Waals surface area contributed by atoms with Gasteiger partial charge in [0.25, 0.3) is 0 Å². The number of benzene rings is 1. The van der Waals surface area contributed by atoms with Crippen LogP contribution in [0.4, 0.5) is 0 Å². The number of aryl methyl sites for hydroxylation is 1. The predicted molar refractivity (Wildman–Crippen MR) is 82.7 cm³/mol. The molecule has 0 saturated carbocycles. The van der Waals surface area contributed by atoms with E-state index in [1.165, 1.54) is 11.3 Å². The second kappa shape index (κ2) is 6.07. The molecule has 0 unspecified atom stereocenters. The number of aromatic nitrogens is 2. The van der Waals surface area contributed by atoms with Crippen LogP contribution in [0.5, 0.6) is 0 Å². The van der Waals surface area contributed by atoms with Crippen LogP contribution in [0.1, 0.15) is 22.5 Å². The van der Waals surface area contributed by atoms with Gasteiger partial charge < -0.3 is 5.32 Å². The standard InChI is InChI=1S/C14H17BrClN3/c1-9-13(7-17-3)10(2)19(18-9)8-11-4-5-12(15)6-14(11)16/h4-6,17H,7-8H2,1-3H3. The minimum absolute atomic E-state index is 0.697. The normalized spacial score (nSPS) is 11.0. The van der Waals surface area contributed by atoms with Gasteiger partial charge in [0.1, 0.15) is 0 Å². The second-order valence-corrected chi connectivity index (χ2v) is 5.90. The van der Waals surface area contributed by atoms with E-state index in [1.807, 2.05) is 36.9 Å². The third-order valence-corrected chi connectivity index (χ3v) is 4.07. The van der Waals surface area contributed by atoms with Crippen molar-refractivity contribution in [1.82, 2.24) is 15.1 Å². The van der Waals surface area contributed by atoms with Crippen LogP contribution in [0, 0.1) is 13.8 Å². The molecule has 2 rings (SSSR count). The van der Waals surface area contributed by atoms with Gasteiger partial charge in [-0.1, -0.05) is 33.6 Å². The fourth-order valence-corrected chi connectivity index (χ4v) is 2.87. The Kier molecular flexibility index (Phi) is 4.66. The van der Waals surface area contributed by atoms with E-state index in [9.17, 15) is 0 Å². The zero-order valence-electron chi connectivity index (χ0n) is 11.3. The Hall–Kier alpha value is -0.840. The molecule has 19 heavy (non-hydrogen) atoms. The van der Waals surface area contributed by atoms with Gasteiger partial charge in [-0.25, -0.2) is 0 Å². The number of hydrogen-bond donors (Lipinski definition) is 1. The van der Waals surface area contributed by atoms with Crippen molar-refractivity contribution in [2.45, 2.75) is 26.9 Å². The summed E-state index contributed by atoms with van der Waals surface area (Å²) in [5, 5.41) is 8.53. The zero-order valence-corrected chi connectivity index (χ0v) is 13.6. The topological polar surface area (TPSA) is 29.9 Å². The predicted octanol–water partition coefficient (Wildman–Crippen LogP) is 3.68. The number of rotatable bonds is 4. The minimum atomic E-state index is 0.697. The van der Waals surface area contributed by atoms with E-state index in [4.69, 9.17) is 11.6 Å². The van der Waals surface area contributed by atoms with Gasteiger partial charge in [-0.2, -0.15) is 5.10 Å². The first-order valence-corrected chi connectivity index (χ1v) is 7.31. The molecule has 0 aliphatic rings. The van der Waals surface area contributed by atoms with Gasteiger partial charge in [-0.05, 0) is 38.6 Å². The van der Waals surface area contributed by atoms with Crippen molar-refractivity contribution in [3.8, 4) is 0 Å². The molecule has 102 valence electrons. The first-order chi connectivity index (χ1) is 9.02. The van der Waals surface area contributed by atoms with Crippen molar-refractivity contribution >= 4 is 27.5 Å². The Balaban J connectivity index is 2.31. The number of hydrogen-bond acceptors (Lipinski definition) is 2. The molecule has 1 heterocycles. The van der Waals surface area contributed by atoms with Crippen LogP contribution in [0.15, 0.2) is 22.7 Å². The summed E-state index contributed by atoms with van der Waals surface area (Å²) in [5.41, 5.74) is 4.59. The molecule has 0 aliphatic heterocycles. The van der Waals surface area contributed by atoms with Gasteiger partial charge in [0.2, 0.25) is 0 Å². The summed E-state index contributed by atoms with van der Waals surface area (Å²) < 4.78 is 3.00. The van der Waals surface area contributed by atoms with E-state index in [0.717, 1.165) is 27.3 Å². The molecule has 0 atom stereocenters. The van der Waals surface area contributed by atoms with Crippen LogP contribution in [0.3, 0.4) is 0 Å². The maximum absolute atomic E-state index is 6.26. The van der Waals surface area contributed by atoms with Crippen LogP contribution in [0.25, 0.3) is 0 Å². The second-order valence-electron chi connectivity index (χ2n) is 4.57. The third-order valence-electron chi connectivity index (χ3n) is 3.22. The summed E-state index contributed by atoms with van der Waals surface area (Å²) in [5.74, 6) is 0. The highest BCUT2D eigenvalue weighted by molar-refractivity contribution is 9.10. The lowest BCUT2D eigenvalue weighted by atomic mass is 10.2. The maximum Gasteiger partial charge on any atom is 0.0677 e. The van der Waals surface area contributed by atoms with Crippen molar-refractivity contribution in [2.24, 2.45) is 0 Å². The monoisotopic (exact) mass is 341 g/mol. The van der Waals surface area contributed by atoms with Crippen LogP contribution in [-0.2, 0) is 13.1 Å². The van der Waals surface area contributed by atoms with Crippen molar-refractivity contribution in [2.75, 3.05) is 7.05 Å². The highest BCUT2D eigenvalue weighted by Crippen LogP contribution is 2.23. The van der Waals surface area contributed by atoms with Crippen molar-refractivity contribution in [3.63, 3.8) is 0 Å². The van der Waals surface area contributed by atoms with E-state index in [0.29, 0.717) is 6.54 Å². The van der Waals surface area contributed by atoms with Crippen molar-refractivity contribution < 1.29 is 0 Å². The first kappa shape index (κ1) is 14.6. The largest absolute Gasteiger partial charge is 0.316 e. The summed E-state index contributed by atoms with van der Waals surface area (Å²) in [7, 11) is 1.95. The molecular formula is C14H17BrClN3. The van der Waals surface area contributed by atoms with Gasteiger partial charge in [-0.15, -0.1) is 0 Å². The van der Waals surface area contributed by atoms with Gasteiger partial charge in [0, 0.05) is 27.3 Å². The van der Waals surface area contributed by atoms with E-state index < -0.39 is 0 Å². The zero-order chi connectivity index (χ0) is 14.0. The minimum Gasteiger partial charge on any atom is -0.316 e. The highest BCUT2D eigenvalue weighted by atomic mass is 79.9. The molecule has 2 aromatic rings. The molecule has 0 saturated heterocycles. The first-order valence-electron chi connectivity index (χ1n) is 6.14. The molecule has 1 N–H and O–H groups in total. The Bertz CT molecular complexity index is 593. The molecule has 0 radical (unpaired) electrons. The van der Waals surface area contributed by atoms with E-state index in [1.54, 1.807) is 0 Å². The molecule has 0 aliphatic carbocycles. The fourth-order valence-electron chi connectivity index (χ4n) is 2.13. The van der Waals surface area contributed by atoms with Crippen LogP contribution in [-0.4, -0.2) is 16.8 Å². The molecular weight excluding hydrogens is 326 g/mol. The molecule has 1 aromatic heterocycles. The summed E-state index contributed by atoms with van der Waals surface area (Å²) in [6, 6.07) is 5.94. The Morgan fingerprint density at radius 1 is 1.37 bits per heavy atom. The molecule has 0 spiro atoms. The van der Waals surface area contributed by atoms with E-state index >= 15 is 0 Å². The quantitative estimate of drug-likeness (QED) is 0.918. The van der Waals surface area contributed by atoms with Gasteiger partial charge in [0.15, 0.2) is 0 Å². The highest BCUT2D eigenvalue weighted by Gasteiger charge is 2.12. The van der Waals surface area contributed by atoms with E-state index in [-0.39, 0.29) is 0 Å². The lowest BCUT2D eigenvalue weighted by Crippen LogP contribution is -2.08. The van der Waals surface area contributed by atoms with Gasteiger partial charge >= 0.3 is 0 Å². The van der Waals surface area contributed by atoms with Gasteiger partial charge in [-0.3, -0.25) is 4.68 Å². The molecule has 0 amide bonds. The Labute approximate surface area is 127 Å². The fraction of sp³-hybridized carbons (Fsp3) is 0.357. The Morgan fingerprint density at radius 3 is 2.74 bits per heavy atom. The molecule has 5 heteroatoms. The summed E-state index contributed by atoms with van der Waals surface area (Å²) >= 11 is 9.67. The Morgan fingerprint density at radius 2 is 2.11 bits per heavy atom. The van der Waals surface area contributed by atoms with Crippen molar-refractivity contribution in [3.05, 3.63) is 50.2 Å². The number of nitrogens with one attached hydrogen (secondary N) is 1. The number of halogens is 2. The van der Waals surface area contributed by atoms with Crippen LogP contribution in [0.2, 0.25) is 5.02 Å². The van der Waals surface area contributed by atoms with Crippen LogP contribution < -0.4 is 5.32 Å².